The molecule has 23 heavy (non-hydrogen) atoms. The third-order valence-corrected chi connectivity index (χ3v) is 4.32. The molecule has 0 spiro atoms. The normalized spacial score (nSPS) is 10.8. The molecule has 3 nitrogen and oxygen atoms in total. The van der Waals surface area contributed by atoms with Gasteiger partial charge in [-0.05, 0) is 22.8 Å². The Balaban J connectivity index is 0.00000192. The standard InChI is InChI=1S/C18H14O3S.Na/c19-22(20,21)17-13-7-12-16(14-8-3-1-4-9-14)18(17)15-10-5-2-6-11-15;/h1-13H,(H,19,20,21);/q;+1/p-1. The van der Waals surface area contributed by atoms with Crippen LogP contribution in [0.1, 0.15) is 0 Å². The Kier molecular flexibility index (Phi) is 5.79. The molecule has 0 saturated heterocycles. The van der Waals surface area contributed by atoms with Gasteiger partial charge < -0.3 is 4.55 Å². The molecular formula is C18H13NaO3S. The van der Waals surface area contributed by atoms with Gasteiger partial charge in [-0.25, -0.2) is 8.42 Å². The van der Waals surface area contributed by atoms with E-state index in [0.29, 0.717) is 11.1 Å². The molecular weight excluding hydrogens is 319 g/mol. The van der Waals surface area contributed by atoms with Gasteiger partial charge in [0.05, 0.1) is 4.90 Å². The van der Waals surface area contributed by atoms with Crippen LogP contribution in [0, 0.1) is 0 Å². The summed E-state index contributed by atoms with van der Waals surface area (Å²) in [5.41, 5.74) is 2.75. The molecule has 0 radical (unpaired) electrons. The van der Waals surface area contributed by atoms with Crippen molar-refractivity contribution in [2.45, 2.75) is 4.90 Å². The second-order valence-corrected chi connectivity index (χ2v) is 6.21. The second-order valence-electron chi connectivity index (χ2n) is 4.86. The molecule has 3 aromatic carbocycles. The molecule has 110 valence electrons. The molecule has 5 heteroatoms. The third-order valence-electron chi connectivity index (χ3n) is 3.44. The van der Waals surface area contributed by atoms with Crippen LogP contribution in [0.2, 0.25) is 0 Å². The SMILES string of the molecule is O=S(=O)([O-])c1cccc(-c2ccccc2)c1-c1ccccc1.[Na+]. The third kappa shape index (κ3) is 3.91. The Morgan fingerprint density at radius 2 is 1.17 bits per heavy atom. The zero-order valence-corrected chi connectivity index (χ0v) is 15.5. The molecule has 0 aliphatic rings. The maximum atomic E-state index is 11.7. The minimum atomic E-state index is -4.56. The predicted octanol–water partition coefficient (Wildman–Crippen LogP) is 0.929. The van der Waals surface area contributed by atoms with Crippen molar-refractivity contribution in [3.8, 4) is 22.3 Å². The first-order valence-electron chi connectivity index (χ1n) is 6.77. The Hall–Kier alpha value is -1.43. The van der Waals surface area contributed by atoms with Crippen molar-refractivity contribution < 1.29 is 42.5 Å². The van der Waals surface area contributed by atoms with E-state index in [4.69, 9.17) is 0 Å². The van der Waals surface area contributed by atoms with E-state index in [2.05, 4.69) is 0 Å². The van der Waals surface area contributed by atoms with Gasteiger partial charge in [-0.3, -0.25) is 0 Å². The van der Waals surface area contributed by atoms with Gasteiger partial charge in [-0.15, -0.1) is 0 Å². The second kappa shape index (κ2) is 7.43. The molecule has 0 amide bonds. The van der Waals surface area contributed by atoms with Gasteiger partial charge in [0.1, 0.15) is 10.1 Å². The first-order chi connectivity index (χ1) is 10.6. The molecule has 0 aliphatic carbocycles. The van der Waals surface area contributed by atoms with Crippen LogP contribution < -0.4 is 29.6 Å². The van der Waals surface area contributed by atoms with Crippen LogP contribution in [0.4, 0.5) is 0 Å². The van der Waals surface area contributed by atoms with Crippen molar-refractivity contribution in [1.29, 1.82) is 0 Å². The van der Waals surface area contributed by atoms with Crippen molar-refractivity contribution in [3.05, 3.63) is 78.9 Å². The van der Waals surface area contributed by atoms with E-state index in [1.807, 2.05) is 54.6 Å². The number of benzene rings is 3. The van der Waals surface area contributed by atoms with E-state index in [9.17, 15) is 13.0 Å². The average Bonchev–Trinajstić information content (AvgIpc) is 2.55. The summed E-state index contributed by atoms with van der Waals surface area (Å²) in [5.74, 6) is 0. The zero-order valence-electron chi connectivity index (χ0n) is 12.6. The van der Waals surface area contributed by atoms with Crippen LogP contribution in [0.3, 0.4) is 0 Å². The Morgan fingerprint density at radius 3 is 1.70 bits per heavy atom. The first kappa shape index (κ1) is 17.9. The number of hydrogen-bond donors (Lipinski definition) is 0. The Bertz CT molecular complexity index is 892. The van der Waals surface area contributed by atoms with E-state index in [1.54, 1.807) is 18.2 Å². The monoisotopic (exact) mass is 332 g/mol. The molecule has 0 aliphatic heterocycles. The molecule has 0 N–H and O–H groups in total. The van der Waals surface area contributed by atoms with Crippen molar-refractivity contribution in [2.24, 2.45) is 0 Å². The molecule has 0 atom stereocenters. The number of hydrogen-bond acceptors (Lipinski definition) is 3. The van der Waals surface area contributed by atoms with E-state index >= 15 is 0 Å². The molecule has 0 unspecified atom stereocenters. The molecule has 3 rings (SSSR count). The van der Waals surface area contributed by atoms with Crippen molar-refractivity contribution >= 4 is 10.1 Å². The summed E-state index contributed by atoms with van der Waals surface area (Å²) in [6, 6.07) is 23.3. The smallest absolute Gasteiger partial charge is 0.744 e. The van der Waals surface area contributed by atoms with Crippen LogP contribution in [0.15, 0.2) is 83.8 Å². The zero-order chi connectivity index (χ0) is 15.6. The van der Waals surface area contributed by atoms with Crippen molar-refractivity contribution in [2.75, 3.05) is 0 Å². The van der Waals surface area contributed by atoms with Gasteiger partial charge in [0.15, 0.2) is 0 Å². The summed E-state index contributed by atoms with van der Waals surface area (Å²) >= 11 is 0. The predicted molar refractivity (Wildman–Crippen MR) is 85.3 cm³/mol. The molecule has 0 fully saturated rings. The quantitative estimate of drug-likeness (QED) is 0.530. The van der Waals surface area contributed by atoms with E-state index in [-0.39, 0.29) is 34.5 Å². The van der Waals surface area contributed by atoms with Gasteiger partial charge in [0.2, 0.25) is 0 Å². The molecule has 0 saturated carbocycles. The van der Waals surface area contributed by atoms with Crippen molar-refractivity contribution in [3.63, 3.8) is 0 Å². The fourth-order valence-electron chi connectivity index (χ4n) is 2.50. The van der Waals surface area contributed by atoms with E-state index in [0.717, 1.165) is 11.1 Å². The van der Waals surface area contributed by atoms with E-state index in [1.165, 1.54) is 6.07 Å². The van der Waals surface area contributed by atoms with Gasteiger partial charge in [-0.1, -0.05) is 72.8 Å². The largest absolute Gasteiger partial charge is 1.00 e. The van der Waals surface area contributed by atoms with Crippen LogP contribution >= 0.6 is 0 Å². The Morgan fingerprint density at radius 1 is 0.652 bits per heavy atom. The maximum Gasteiger partial charge on any atom is 1.00 e. The summed E-state index contributed by atoms with van der Waals surface area (Å²) in [4.78, 5) is -0.194. The molecule has 0 bridgehead atoms. The van der Waals surface area contributed by atoms with Gasteiger partial charge in [0.25, 0.3) is 0 Å². The fraction of sp³-hybridized carbons (Fsp3) is 0. The molecule has 0 aromatic heterocycles. The minimum absolute atomic E-state index is 0. The molecule has 0 heterocycles. The van der Waals surface area contributed by atoms with Crippen LogP contribution in [-0.2, 0) is 10.1 Å². The summed E-state index contributed by atoms with van der Waals surface area (Å²) < 4.78 is 35.0. The summed E-state index contributed by atoms with van der Waals surface area (Å²) in [6.07, 6.45) is 0. The minimum Gasteiger partial charge on any atom is -0.744 e. The average molecular weight is 332 g/mol. The first-order valence-corrected chi connectivity index (χ1v) is 8.18. The van der Waals surface area contributed by atoms with Crippen LogP contribution in [0.25, 0.3) is 22.3 Å². The van der Waals surface area contributed by atoms with Gasteiger partial charge >= 0.3 is 29.6 Å². The Labute approximate surface area is 158 Å². The van der Waals surface area contributed by atoms with Gasteiger partial charge in [-0.2, -0.15) is 0 Å². The molecule has 3 aromatic rings. The van der Waals surface area contributed by atoms with Gasteiger partial charge in [0, 0.05) is 5.56 Å². The van der Waals surface area contributed by atoms with Crippen LogP contribution in [-0.4, -0.2) is 13.0 Å². The van der Waals surface area contributed by atoms with Crippen LogP contribution in [0.5, 0.6) is 0 Å². The maximum absolute atomic E-state index is 11.7. The van der Waals surface area contributed by atoms with Crippen molar-refractivity contribution in [1.82, 2.24) is 0 Å². The van der Waals surface area contributed by atoms with E-state index < -0.39 is 10.1 Å². The summed E-state index contributed by atoms with van der Waals surface area (Å²) in [7, 11) is -4.56. The number of rotatable bonds is 3. The topological polar surface area (TPSA) is 57.2 Å². The fourth-order valence-corrected chi connectivity index (χ4v) is 3.22. The summed E-state index contributed by atoms with van der Waals surface area (Å²) in [6.45, 7) is 0. The summed E-state index contributed by atoms with van der Waals surface area (Å²) in [5, 5.41) is 0.